The Morgan fingerprint density at radius 1 is 1.38 bits per heavy atom. The number of alkyl halides is 3. The van der Waals surface area contributed by atoms with Gasteiger partial charge in [0.1, 0.15) is 0 Å². The Morgan fingerprint density at radius 3 is 2.62 bits per heavy atom. The minimum absolute atomic E-state index is 0.476. The molecule has 86 valence electrons. The van der Waals surface area contributed by atoms with Crippen LogP contribution in [0.15, 0.2) is 23.3 Å². The van der Waals surface area contributed by atoms with Gasteiger partial charge in [-0.1, -0.05) is 11.3 Å². The SMILES string of the molecule is Cn1c(=NN)sc2ccc(C(F)(F)F)cc21. The summed E-state index contributed by atoms with van der Waals surface area (Å²) in [6.07, 6.45) is -4.33. The first kappa shape index (κ1) is 11.0. The molecule has 0 radical (unpaired) electrons. The molecule has 0 aliphatic heterocycles. The molecule has 0 aliphatic rings. The van der Waals surface area contributed by atoms with Crippen LogP contribution >= 0.6 is 11.3 Å². The zero-order chi connectivity index (χ0) is 11.9. The van der Waals surface area contributed by atoms with Crippen LogP contribution in [0.4, 0.5) is 13.2 Å². The second-order valence-corrected chi connectivity index (χ2v) is 4.26. The van der Waals surface area contributed by atoms with Gasteiger partial charge in [-0.2, -0.15) is 18.3 Å². The van der Waals surface area contributed by atoms with Gasteiger partial charge >= 0.3 is 6.18 Å². The zero-order valence-electron chi connectivity index (χ0n) is 8.25. The summed E-state index contributed by atoms with van der Waals surface area (Å²) in [5.41, 5.74) is -0.194. The first-order valence-electron chi connectivity index (χ1n) is 4.34. The number of hydrogen-bond acceptors (Lipinski definition) is 3. The van der Waals surface area contributed by atoms with E-state index in [-0.39, 0.29) is 0 Å². The van der Waals surface area contributed by atoms with Crippen LogP contribution in [0.1, 0.15) is 5.56 Å². The molecule has 0 fully saturated rings. The number of hydrogen-bond donors (Lipinski definition) is 1. The molecule has 16 heavy (non-hydrogen) atoms. The number of nitrogens with zero attached hydrogens (tertiary/aromatic N) is 2. The van der Waals surface area contributed by atoms with Gasteiger partial charge in [0.15, 0.2) is 0 Å². The highest BCUT2D eigenvalue weighted by Gasteiger charge is 2.30. The highest BCUT2D eigenvalue weighted by molar-refractivity contribution is 7.16. The molecule has 0 atom stereocenters. The molecule has 2 aromatic rings. The average Bonchev–Trinajstić information content (AvgIpc) is 2.54. The Kier molecular flexibility index (Phi) is 2.42. The molecule has 2 rings (SSSR count). The fraction of sp³-hybridized carbons (Fsp3) is 0.222. The summed E-state index contributed by atoms with van der Waals surface area (Å²) >= 11 is 1.25. The van der Waals surface area contributed by atoms with Crippen molar-refractivity contribution in [2.45, 2.75) is 6.18 Å². The van der Waals surface area contributed by atoms with E-state index in [1.165, 1.54) is 22.0 Å². The molecule has 0 bridgehead atoms. The first-order chi connectivity index (χ1) is 7.43. The van der Waals surface area contributed by atoms with Gasteiger partial charge < -0.3 is 10.4 Å². The van der Waals surface area contributed by atoms with Crippen LogP contribution in [0.25, 0.3) is 10.2 Å². The molecule has 1 heterocycles. The van der Waals surface area contributed by atoms with Crippen LogP contribution in [0.2, 0.25) is 0 Å². The van der Waals surface area contributed by atoms with Crippen molar-refractivity contribution in [3.63, 3.8) is 0 Å². The molecule has 0 amide bonds. The molecule has 1 aromatic carbocycles. The van der Waals surface area contributed by atoms with Gasteiger partial charge in [-0.15, -0.1) is 0 Å². The van der Waals surface area contributed by atoms with Crippen LogP contribution in [-0.4, -0.2) is 4.57 Å². The number of fused-ring (bicyclic) bond motifs is 1. The molecule has 1 aromatic heterocycles. The fourth-order valence-electron chi connectivity index (χ4n) is 1.42. The normalized spacial score (nSPS) is 13.6. The lowest BCUT2D eigenvalue weighted by atomic mass is 10.2. The van der Waals surface area contributed by atoms with E-state index in [9.17, 15) is 13.2 Å². The molecule has 7 heteroatoms. The van der Waals surface area contributed by atoms with Crippen molar-refractivity contribution in [2.24, 2.45) is 18.0 Å². The van der Waals surface area contributed by atoms with Gasteiger partial charge in [0.05, 0.1) is 15.8 Å². The van der Waals surface area contributed by atoms with E-state index >= 15 is 0 Å². The number of thiazole rings is 1. The second kappa shape index (κ2) is 3.51. The van der Waals surface area contributed by atoms with Crippen molar-refractivity contribution in [1.29, 1.82) is 0 Å². The molecule has 3 nitrogen and oxygen atoms in total. The van der Waals surface area contributed by atoms with Gasteiger partial charge in [-0.3, -0.25) is 0 Å². The molecule has 0 aliphatic carbocycles. The second-order valence-electron chi connectivity index (χ2n) is 3.25. The minimum atomic E-state index is -4.33. The quantitative estimate of drug-likeness (QED) is 0.562. The van der Waals surface area contributed by atoms with Crippen molar-refractivity contribution < 1.29 is 13.2 Å². The maximum atomic E-state index is 12.5. The number of benzene rings is 1. The Bertz CT molecular complexity index is 594. The molecular formula is C9H8F3N3S. The van der Waals surface area contributed by atoms with E-state index in [1.54, 1.807) is 7.05 Å². The Hall–Kier alpha value is -1.50. The molecule has 2 N–H and O–H groups in total. The van der Waals surface area contributed by atoms with Gasteiger partial charge in [0.25, 0.3) is 0 Å². The van der Waals surface area contributed by atoms with E-state index in [1.807, 2.05) is 0 Å². The highest BCUT2D eigenvalue weighted by Crippen LogP contribution is 2.31. The largest absolute Gasteiger partial charge is 0.416 e. The Balaban J connectivity index is 2.76. The van der Waals surface area contributed by atoms with Crippen LogP contribution in [0, 0.1) is 0 Å². The van der Waals surface area contributed by atoms with Crippen molar-refractivity contribution in [1.82, 2.24) is 4.57 Å². The molecular weight excluding hydrogens is 239 g/mol. The molecule has 0 unspecified atom stereocenters. The first-order valence-corrected chi connectivity index (χ1v) is 5.16. The third-order valence-electron chi connectivity index (χ3n) is 2.25. The van der Waals surface area contributed by atoms with Crippen molar-refractivity contribution >= 4 is 21.6 Å². The monoisotopic (exact) mass is 247 g/mol. The lowest BCUT2D eigenvalue weighted by Crippen LogP contribution is -2.12. The minimum Gasteiger partial charge on any atom is -0.320 e. The summed E-state index contributed by atoms with van der Waals surface area (Å²) in [7, 11) is 1.63. The summed E-state index contributed by atoms with van der Waals surface area (Å²) in [6, 6.07) is 3.58. The van der Waals surface area contributed by atoms with Gasteiger partial charge in [-0.05, 0) is 18.2 Å². The number of nitrogens with two attached hydrogens (primary N) is 1. The smallest absolute Gasteiger partial charge is 0.320 e. The highest BCUT2D eigenvalue weighted by atomic mass is 32.1. The van der Waals surface area contributed by atoms with E-state index in [0.717, 1.165) is 16.8 Å². The summed E-state index contributed by atoms with van der Waals surface area (Å²) in [5.74, 6) is 5.13. The van der Waals surface area contributed by atoms with Crippen LogP contribution in [-0.2, 0) is 13.2 Å². The Labute approximate surface area is 92.6 Å². The predicted octanol–water partition coefficient (Wildman–Crippen LogP) is 2.03. The van der Waals surface area contributed by atoms with Crippen LogP contribution in [0.5, 0.6) is 0 Å². The standard InChI is InChI=1S/C9H8F3N3S/c1-15-6-4-5(9(10,11)12)2-3-7(6)16-8(15)14-13/h2-4H,13H2,1H3. The number of halogens is 3. The van der Waals surface area contributed by atoms with Crippen molar-refractivity contribution in [3.05, 3.63) is 28.6 Å². The van der Waals surface area contributed by atoms with E-state index in [0.29, 0.717) is 10.3 Å². The number of aryl methyl sites for hydroxylation is 1. The van der Waals surface area contributed by atoms with E-state index < -0.39 is 11.7 Å². The topological polar surface area (TPSA) is 43.3 Å². The van der Waals surface area contributed by atoms with E-state index in [2.05, 4.69) is 5.10 Å². The lowest BCUT2D eigenvalue weighted by Gasteiger charge is -2.06. The summed E-state index contributed by atoms with van der Waals surface area (Å²) < 4.78 is 39.7. The Morgan fingerprint density at radius 2 is 2.06 bits per heavy atom. The van der Waals surface area contributed by atoms with Gasteiger partial charge in [0.2, 0.25) is 4.80 Å². The average molecular weight is 247 g/mol. The molecule has 0 saturated heterocycles. The summed E-state index contributed by atoms with van der Waals surface area (Å²) in [6.45, 7) is 0. The van der Waals surface area contributed by atoms with Crippen molar-refractivity contribution in [3.8, 4) is 0 Å². The number of rotatable bonds is 0. The third-order valence-corrected chi connectivity index (χ3v) is 3.37. The summed E-state index contributed by atoms with van der Waals surface area (Å²) in [4.78, 5) is 0.481. The predicted molar refractivity (Wildman–Crippen MR) is 55.5 cm³/mol. The fourth-order valence-corrected chi connectivity index (χ4v) is 2.35. The zero-order valence-corrected chi connectivity index (χ0v) is 9.06. The summed E-state index contributed by atoms with van der Waals surface area (Å²) in [5, 5.41) is 3.50. The van der Waals surface area contributed by atoms with Crippen LogP contribution < -0.4 is 10.6 Å². The number of aromatic nitrogens is 1. The maximum Gasteiger partial charge on any atom is 0.416 e. The maximum absolute atomic E-state index is 12.5. The van der Waals surface area contributed by atoms with Gasteiger partial charge in [-0.25, -0.2) is 0 Å². The van der Waals surface area contributed by atoms with E-state index in [4.69, 9.17) is 5.84 Å². The van der Waals surface area contributed by atoms with Crippen LogP contribution in [0.3, 0.4) is 0 Å². The molecule has 0 saturated carbocycles. The molecule has 0 spiro atoms. The third kappa shape index (κ3) is 1.67. The van der Waals surface area contributed by atoms with Crippen molar-refractivity contribution in [2.75, 3.05) is 0 Å². The van der Waals surface area contributed by atoms with Gasteiger partial charge in [0, 0.05) is 7.05 Å². The lowest BCUT2D eigenvalue weighted by molar-refractivity contribution is -0.137.